The number of rotatable bonds is 8. The molecule has 0 spiro atoms. The van der Waals surface area contributed by atoms with Crippen molar-refractivity contribution in [2.75, 3.05) is 17.7 Å². The molecule has 0 unspecified atom stereocenters. The first-order valence-corrected chi connectivity index (χ1v) is 9.99. The Morgan fingerprint density at radius 2 is 1.61 bits per heavy atom. The molecule has 2 rings (SSSR count). The topological polar surface area (TPSA) is 106 Å². The number of hydrogen-bond acceptors (Lipinski definition) is 5. The van der Waals surface area contributed by atoms with Crippen LogP contribution in [0.1, 0.15) is 26.3 Å². The Hall–Kier alpha value is -3.55. The number of carbonyl (C=O) groups is 3. The van der Waals surface area contributed by atoms with Crippen LogP contribution in [0.25, 0.3) is 0 Å². The Balaban J connectivity index is 1.98. The number of ether oxygens (including phenoxy) is 2. The van der Waals surface area contributed by atoms with Gasteiger partial charge < -0.3 is 25.4 Å². The smallest absolute Gasteiger partial charge is 0.329 e. The van der Waals surface area contributed by atoms with E-state index >= 15 is 0 Å². The van der Waals surface area contributed by atoms with E-state index in [9.17, 15) is 14.4 Å². The zero-order chi connectivity index (χ0) is 23.0. The van der Waals surface area contributed by atoms with Crippen molar-refractivity contribution in [2.45, 2.75) is 39.8 Å². The highest BCUT2D eigenvalue weighted by molar-refractivity contribution is 5.97. The lowest BCUT2D eigenvalue weighted by Gasteiger charge is -2.23. The monoisotopic (exact) mass is 427 g/mol. The summed E-state index contributed by atoms with van der Waals surface area (Å²) in [5.74, 6) is -0.955. The van der Waals surface area contributed by atoms with Crippen molar-refractivity contribution in [3.05, 3.63) is 54.1 Å². The number of aryl methyl sites for hydroxylation is 1. The number of hydrogen-bond donors (Lipinski definition) is 3. The lowest BCUT2D eigenvalue weighted by atomic mass is 10.0. The Morgan fingerprint density at radius 3 is 2.23 bits per heavy atom. The number of esters is 1. The first-order valence-electron chi connectivity index (χ1n) is 9.99. The number of benzene rings is 2. The number of nitrogens with one attached hydrogen (secondary N) is 3. The second-order valence-electron chi connectivity index (χ2n) is 7.46. The van der Waals surface area contributed by atoms with Crippen LogP contribution in [0.5, 0.6) is 5.75 Å². The van der Waals surface area contributed by atoms with Gasteiger partial charge in [-0.15, -0.1) is 0 Å². The molecule has 0 saturated heterocycles. The van der Waals surface area contributed by atoms with Gasteiger partial charge in [0.15, 0.2) is 6.10 Å². The van der Waals surface area contributed by atoms with E-state index < -0.39 is 30.1 Å². The van der Waals surface area contributed by atoms with Gasteiger partial charge in [0.2, 0.25) is 0 Å². The summed E-state index contributed by atoms with van der Waals surface area (Å²) in [5, 5.41) is 7.97. The second kappa shape index (κ2) is 11.0. The molecule has 2 aromatic carbocycles. The van der Waals surface area contributed by atoms with Crippen LogP contribution in [0, 0.1) is 12.8 Å². The third kappa shape index (κ3) is 7.02. The van der Waals surface area contributed by atoms with Crippen molar-refractivity contribution in [1.82, 2.24) is 5.32 Å². The molecule has 0 aliphatic rings. The van der Waals surface area contributed by atoms with Gasteiger partial charge in [-0.2, -0.15) is 0 Å². The number of para-hydroxylation sites is 1. The zero-order valence-electron chi connectivity index (χ0n) is 18.4. The normalized spacial score (nSPS) is 12.5. The van der Waals surface area contributed by atoms with Crippen LogP contribution in [-0.2, 0) is 14.3 Å². The number of methoxy groups -OCH3 is 1. The maximum absolute atomic E-state index is 12.6. The summed E-state index contributed by atoms with van der Waals surface area (Å²) < 4.78 is 10.6. The lowest BCUT2D eigenvalue weighted by Crippen LogP contribution is -2.48. The fourth-order valence-electron chi connectivity index (χ4n) is 2.78. The minimum atomic E-state index is -1.07. The Bertz CT molecular complexity index is 915. The molecule has 0 aliphatic heterocycles. The van der Waals surface area contributed by atoms with E-state index in [1.807, 2.05) is 19.1 Å². The molecule has 0 aliphatic carbocycles. The van der Waals surface area contributed by atoms with E-state index in [4.69, 9.17) is 9.47 Å². The van der Waals surface area contributed by atoms with Crippen LogP contribution in [0.15, 0.2) is 48.5 Å². The number of carbonyl (C=O) groups excluding carboxylic acids is 3. The maximum atomic E-state index is 12.6. The van der Waals surface area contributed by atoms with Gasteiger partial charge in [0.05, 0.1) is 12.8 Å². The molecule has 0 radical (unpaired) electrons. The van der Waals surface area contributed by atoms with Crippen LogP contribution >= 0.6 is 0 Å². The molecule has 8 nitrogen and oxygen atoms in total. The fraction of sp³-hybridized carbons (Fsp3) is 0.348. The van der Waals surface area contributed by atoms with Crippen LogP contribution in [0.3, 0.4) is 0 Å². The summed E-state index contributed by atoms with van der Waals surface area (Å²) in [5.41, 5.74) is 2.01. The van der Waals surface area contributed by atoms with Crippen LogP contribution in [-0.4, -0.2) is 37.2 Å². The fourth-order valence-corrected chi connectivity index (χ4v) is 2.78. The first-order chi connectivity index (χ1) is 14.7. The van der Waals surface area contributed by atoms with Gasteiger partial charge in [-0.1, -0.05) is 38.1 Å². The van der Waals surface area contributed by atoms with Crippen LogP contribution in [0.4, 0.5) is 16.2 Å². The SMILES string of the molecule is COc1ccc(C)cc1NC(=O)[C@@H](C)OC(=O)[C@H](NC(=O)Nc1ccccc1)C(C)C. The summed E-state index contributed by atoms with van der Waals surface area (Å²) >= 11 is 0. The average molecular weight is 428 g/mol. The molecule has 2 aromatic rings. The molecule has 8 heteroatoms. The average Bonchev–Trinajstić information content (AvgIpc) is 2.72. The largest absolute Gasteiger partial charge is 0.495 e. The summed E-state index contributed by atoms with van der Waals surface area (Å²) in [6.07, 6.45) is -1.07. The van der Waals surface area contributed by atoms with Crippen LogP contribution in [0.2, 0.25) is 0 Å². The molecular formula is C23H29N3O5. The Morgan fingerprint density at radius 1 is 0.935 bits per heavy atom. The van der Waals surface area contributed by atoms with E-state index in [-0.39, 0.29) is 5.92 Å². The molecule has 31 heavy (non-hydrogen) atoms. The molecule has 0 aromatic heterocycles. The predicted molar refractivity (Wildman–Crippen MR) is 119 cm³/mol. The van der Waals surface area contributed by atoms with Crippen molar-refractivity contribution >= 4 is 29.3 Å². The van der Waals surface area contributed by atoms with Crippen molar-refractivity contribution < 1.29 is 23.9 Å². The van der Waals surface area contributed by atoms with Gasteiger partial charge in [0.25, 0.3) is 5.91 Å². The molecule has 0 saturated carbocycles. The van der Waals surface area contributed by atoms with Crippen molar-refractivity contribution in [1.29, 1.82) is 0 Å². The highest BCUT2D eigenvalue weighted by Gasteiger charge is 2.29. The van der Waals surface area contributed by atoms with Crippen molar-refractivity contribution in [3.63, 3.8) is 0 Å². The first kappa shape index (κ1) is 23.7. The highest BCUT2D eigenvalue weighted by atomic mass is 16.5. The number of urea groups is 1. The summed E-state index contributed by atoms with van der Waals surface area (Å²) in [7, 11) is 1.50. The quantitative estimate of drug-likeness (QED) is 0.557. The zero-order valence-corrected chi connectivity index (χ0v) is 18.4. The molecule has 0 heterocycles. The lowest BCUT2D eigenvalue weighted by molar-refractivity contribution is -0.156. The van der Waals surface area contributed by atoms with E-state index in [0.29, 0.717) is 17.1 Å². The minimum Gasteiger partial charge on any atom is -0.495 e. The standard InChI is InChI=1S/C23H29N3O5/c1-14(2)20(26-23(29)24-17-9-7-6-8-10-17)22(28)31-16(4)21(27)25-18-13-15(3)11-12-19(18)30-5/h6-14,16,20H,1-5H3,(H,25,27)(H2,24,26,29)/t16-,20-/m1/s1. The molecule has 2 atom stereocenters. The molecule has 0 bridgehead atoms. The van der Waals surface area contributed by atoms with E-state index in [2.05, 4.69) is 16.0 Å². The number of amides is 3. The van der Waals surface area contributed by atoms with Crippen molar-refractivity contribution in [3.8, 4) is 5.75 Å². The third-order valence-electron chi connectivity index (χ3n) is 4.51. The Kier molecular flexibility index (Phi) is 8.43. The molecular weight excluding hydrogens is 398 g/mol. The van der Waals surface area contributed by atoms with Gasteiger partial charge in [0, 0.05) is 5.69 Å². The molecule has 3 amide bonds. The Labute approximate surface area is 182 Å². The predicted octanol–water partition coefficient (Wildman–Crippen LogP) is 3.72. The summed E-state index contributed by atoms with van der Waals surface area (Å²) in [4.78, 5) is 37.5. The van der Waals surface area contributed by atoms with Gasteiger partial charge in [-0.25, -0.2) is 9.59 Å². The summed E-state index contributed by atoms with van der Waals surface area (Å²) in [6, 6.07) is 12.8. The van der Waals surface area contributed by atoms with Crippen LogP contribution < -0.4 is 20.7 Å². The summed E-state index contributed by atoms with van der Waals surface area (Å²) in [6.45, 7) is 6.91. The van der Waals surface area contributed by atoms with Gasteiger partial charge in [0.1, 0.15) is 11.8 Å². The molecule has 166 valence electrons. The van der Waals surface area contributed by atoms with E-state index in [0.717, 1.165) is 5.56 Å². The van der Waals surface area contributed by atoms with Gasteiger partial charge in [-0.05, 0) is 49.6 Å². The molecule has 0 fully saturated rings. The van der Waals surface area contributed by atoms with Gasteiger partial charge in [-0.3, -0.25) is 4.79 Å². The van der Waals surface area contributed by atoms with Crippen molar-refractivity contribution in [2.24, 2.45) is 5.92 Å². The maximum Gasteiger partial charge on any atom is 0.329 e. The molecule has 3 N–H and O–H groups in total. The third-order valence-corrected chi connectivity index (χ3v) is 4.51. The number of anilines is 2. The minimum absolute atomic E-state index is 0.249. The highest BCUT2D eigenvalue weighted by Crippen LogP contribution is 2.25. The van der Waals surface area contributed by atoms with E-state index in [1.54, 1.807) is 50.2 Å². The van der Waals surface area contributed by atoms with Gasteiger partial charge >= 0.3 is 12.0 Å². The van der Waals surface area contributed by atoms with E-state index in [1.165, 1.54) is 14.0 Å². The second-order valence-corrected chi connectivity index (χ2v) is 7.46.